The third-order valence-electron chi connectivity index (χ3n) is 1.65. The van der Waals surface area contributed by atoms with E-state index in [1.54, 1.807) is 6.92 Å². The molecule has 0 fully saturated rings. The summed E-state index contributed by atoms with van der Waals surface area (Å²) in [5.41, 5.74) is 6.70. The molecule has 0 saturated heterocycles. The highest BCUT2D eigenvalue weighted by Gasteiger charge is 1.92. The van der Waals surface area contributed by atoms with Crippen molar-refractivity contribution in [2.75, 3.05) is 6.54 Å². The Hall–Kier alpha value is -0.830. The normalized spacial score (nSPS) is 11.7. The van der Waals surface area contributed by atoms with Crippen molar-refractivity contribution in [2.45, 2.75) is 13.3 Å². The van der Waals surface area contributed by atoms with Gasteiger partial charge in [0.25, 0.3) is 0 Å². The average molecular weight is 241 g/mol. The van der Waals surface area contributed by atoms with Crippen LogP contribution in [0.1, 0.15) is 12.5 Å². The Kier molecular flexibility index (Phi) is 3.96. The number of nitrogens with two attached hydrogens (primary N) is 1. The molecule has 0 aromatic heterocycles. The van der Waals surface area contributed by atoms with Crippen LogP contribution in [0.3, 0.4) is 0 Å². The van der Waals surface area contributed by atoms with E-state index in [0.29, 0.717) is 5.84 Å². The van der Waals surface area contributed by atoms with Gasteiger partial charge in [0.05, 0.1) is 5.84 Å². The second-order valence-electron chi connectivity index (χ2n) is 2.90. The van der Waals surface area contributed by atoms with Crippen molar-refractivity contribution in [1.82, 2.24) is 0 Å². The quantitative estimate of drug-likeness (QED) is 0.640. The van der Waals surface area contributed by atoms with E-state index in [9.17, 15) is 0 Å². The largest absolute Gasteiger partial charge is 0.388 e. The molecule has 3 heteroatoms. The highest BCUT2D eigenvalue weighted by atomic mass is 79.9. The fourth-order valence-corrected chi connectivity index (χ4v) is 1.50. The van der Waals surface area contributed by atoms with E-state index in [1.165, 1.54) is 5.56 Å². The van der Waals surface area contributed by atoms with E-state index in [2.05, 4.69) is 33.1 Å². The number of hydrogen-bond donors (Lipinski definition) is 1. The molecule has 70 valence electrons. The van der Waals surface area contributed by atoms with Crippen LogP contribution < -0.4 is 5.73 Å². The number of halogens is 1. The highest BCUT2D eigenvalue weighted by molar-refractivity contribution is 9.10. The summed E-state index contributed by atoms with van der Waals surface area (Å²) in [5, 5.41) is 0. The lowest BCUT2D eigenvalue weighted by Crippen LogP contribution is -2.06. The first-order valence-electron chi connectivity index (χ1n) is 4.19. The Bertz CT molecular complexity index is 304. The van der Waals surface area contributed by atoms with Crippen LogP contribution >= 0.6 is 15.9 Å². The Morgan fingerprint density at radius 3 is 2.92 bits per heavy atom. The van der Waals surface area contributed by atoms with Crippen molar-refractivity contribution >= 4 is 21.8 Å². The molecule has 0 unspecified atom stereocenters. The summed E-state index contributed by atoms with van der Waals surface area (Å²) in [7, 11) is 0. The zero-order chi connectivity index (χ0) is 9.68. The lowest BCUT2D eigenvalue weighted by atomic mass is 10.2. The predicted molar refractivity (Wildman–Crippen MR) is 60.0 cm³/mol. The molecule has 0 spiro atoms. The second-order valence-corrected chi connectivity index (χ2v) is 3.82. The van der Waals surface area contributed by atoms with Crippen LogP contribution in [0.5, 0.6) is 0 Å². The maximum Gasteiger partial charge on any atom is 0.0905 e. The molecule has 2 N–H and O–H groups in total. The van der Waals surface area contributed by atoms with Gasteiger partial charge in [0.1, 0.15) is 0 Å². The van der Waals surface area contributed by atoms with Crippen LogP contribution in [0.15, 0.2) is 33.7 Å². The van der Waals surface area contributed by atoms with E-state index in [1.807, 2.05) is 12.1 Å². The SMILES string of the molecule is CC(N)=NCCc1cccc(Br)c1. The minimum atomic E-state index is 0.648. The van der Waals surface area contributed by atoms with Crippen LogP contribution in [-0.2, 0) is 6.42 Å². The summed E-state index contributed by atoms with van der Waals surface area (Å²) in [4.78, 5) is 4.13. The molecule has 0 atom stereocenters. The van der Waals surface area contributed by atoms with Gasteiger partial charge in [0.15, 0.2) is 0 Å². The molecule has 0 saturated carbocycles. The molecular formula is C10H13BrN2. The fraction of sp³-hybridized carbons (Fsp3) is 0.300. The van der Waals surface area contributed by atoms with Gasteiger partial charge in [0, 0.05) is 11.0 Å². The first-order chi connectivity index (χ1) is 6.18. The molecule has 1 aromatic rings. The van der Waals surface area contributed by atoms with Gasteiger partial charge in [-0.3, -0.25) is 4.99 Å². The Morgan fingerprint density at radius 1 is 1.54 bits per heavy atom. The van der Waals surface area contributed by atoms with Crippen LogP contribution in [0, 0.1) is 0 Å². The van der Waals surface area contributed by atoms with Gasteiger partial charge in [-0.15, -0.1) is 0 Å². The molecule has 0 bridgehead atoms. The molecule has 0 amide bonds. The highest BCUT2D eigenvalue weighted by Crippen LogP contribution is 2.11. The van der Waals surface area contributed by atoms with Crippen molar-refractivity contribution in [3.05, 3.63) is 34.3 Å². The maximum absolute atomic E-state index is 5.43. The summed E-state index contributed by atoms with van der Waals surface area (Å²) in [6, 6.07) is 8.23. The maximum atomic E-state index is 5.43. The van der Waals surface area contributed by atoms with Crippen LogP contribution in [0.25, 0.3) is 0 Å². The number of hydrogen-bond acceptors (Lipinski definition) is 1. The molecule has 2 nitrogen and oxygen atoms in total. The topological polar surface area (TPSA) is 38.4 Å². The van der Waals surface area contributed by atoms with Gasteiger partial charge in [-0.1, -0.05) is 28.1 Å². The summed E-state index contributed by atoms with van der Waals surface area (Å²) >= 11 is 3.42. The monoisotopic (exact) mass is 240 g/mol. The lowest BCUT2D eigenvalue weighted by Gasteiger charge is -1.98. The molecule has 0 aliphatic heterocycles. The Balaban J connectivity index is 2.50. The predicted octanol–water partition coefficient (Wildman–Crippen LogP) is 2.37. The van der Waals surface area contributed by atoms with Crippen molar-refractivity contribution in [2.24, 2.45) is 10.7 Å². The number of rotatable bonds is 3. The van der Waals surface area contributed by atoms with E-state index < -0.39 is 0 Å². The molecular weight excluding hydrogens is 228 g/mol. The standard InChI is InChI=1S/C10H13BrN2/c1-8(12)13-6-5-9-3-2-4-10(11)7-9/h2-4,7H,5-6H2,1H3,(H2,12,13). The molecule has 0 aliphatic rings. The van der Waals surface area contributed by atoms with E-state index in [4.69, 9.17) is 5.73 Å². The Morgan fingerprint density at radius 2 is 2.31 bits per heavy atom. The third kappa shape index (κ3) is 4.08. The molecule has 1 rings (SSSR count). The van der Waals surface area contributed by atoms with Gasteiger partial charge in [-0.05, 0) is 31.0 Å². The number of amidine groups is 1. The fourth-order valence-electron chi connectivity index (χ4n) is 1.05. The molecule has 0 aliphatic carbocycles. The molecule has 0 heterocycles. The van der Waals surface area contributed by atoms with Crippen molar-refractivity contribution < 1.29 is 0 Å². The van der Waals surface area contributed by atoms with Crippen LogP contribution in [-0.4, -0.2) is 12.4 Å². The summed E-state index contributed by atoms with van der Waals surface area (Å²) in [6.45, 7) is 2.57. The lowest BCUT2D eigenvalue weighted by molar-refractivity contribution is 0.963. The first kappa shape index (κ1) is 10.3. The zero-order valence-electron chi connectivity index (χ0n) is 7.63. The van der Waals surface area contributed by atoms with E-state index in [0.717, 1.165) is 17.4 Å². The molecule has 13 heavy (non-hydrogen) atoms. The van der Waals surface area contributed by atoms with Gasteiger partial charge < -0.3 is 5.73 Å². The zero-order valence-corrected chi connectivity index (χ0v) is 9.21. The van der Waals surface area contributed by atoms with Gasteiger partial charge >= 0.3 is 0 Å². The molecule has 1 aromatic carbocycles. The summed E-state index contributed by atoms with van der Waals surface area (Å²) < 4.78 is 1.11. The van der Waals surface area contributed by atoms with E-state index >= 15 is 0 Å². The van der Waals surface area contributed by atoms with Crippen molar-refractivity contribution in [1.29, 1.82) is 0 Å². The molecule has 0 radical (unpaired) electrons. The number of aliphatic imine (C=N–C) groups is 1. The van der Waals surface area contributed by atoms with Crippen LogP contribution in [0.4, 0.5) is 0 Å². The number of nitrogens with zero attached hydrogens (tertiary/aromatic N) is 1. The summed E-state index contributed by atoms with van der Waals surface area (Å²) in [5.74, 6) is 0.648. The van der Waals surface area contributed by atoms with Crippen LogP contribution in [0.2, 0.25) is 0 Å². The first-order valence-corrected chi connectivity index (χ1v) is 4.99. The second kappa shape index (κ2) is 5.02. The van der Waals surface area contributed by atoms with Crippen molar-refractivity contribution in [3.63, 3.8) is 0 Å². The average Bonchev–Trinajstić information content (AvgIpc) is 2.03. The van der Waals surface area contributed by atoms with E-state index in [-0.39, 0.29) is 0 Å². The number of benzene rings is 1. The minimum Gasteiger partial charge on any atom is -0.388 e. The van der Waals surface area contributed by atoms with Gasteiger partial charge in [0.2, 0.25) is 0 Å². The Labute approximate surface area is 87.0 Å². The third-order valence-corrected chi connectivity index (χ3v) is 2.14. The van der Waals surface area contributed by atoms with Gasteiger partial charge in [-0.2, -0.15) is 0 Å². The van der Waals surface area contributed by atoms with Gasteiger partial charge in [-0.25, -0.2) is 0 Å². The smallest absolute Gasteiger partial charge is 0.0905 e. The minimum absolute atomic E-state index is 0.648. The summed E-state index contributed by atoms with van der Waals surface area (Å²) in [6.07, 6.45) is 0.938. The van der Waals surface area contributed by atoms with Crippen molar-refractivity contribution in [3.8, 4) is 0 Å².